The Morgan fingerprint density at radius 3 is 2.47 bits per heavy atom. The summed E-state index contributed by atoms with van der Waals surface area (Å²) in [6.45, 7) is 8.82. The number of piperidine rings is 1. The van der Waals surface area contributed by atoms with Crippen molar-refractivity contribution in [1.29, 1.82) is 0 Å². The van der Waals surface area contributed by atoms with Crippen molar-refractivity contribution in [1.82, 2.24) is 10.2 Å². The summed E-state index contributed by atoms with van der Waals surface area (Å²) in [7, 11) is 0. The second-order valence-electron chi connectivity index (χ2n) is 5.48. The van der Waals surface area contributed by atoms with Gasteiger partial charge in [-0.25, -0.2) is 0 Å². The van der Waals surface area contributed by atoms with Crippen LogP contribution in [0.15, 0.2) is 0 Å². The maximum atomic E-state index is 12.6. The number of carbonyl (C=O) groups excluding carboxylic acids is 1. The number of nitrogens with one attached hydrogen (secondary N) is 1. The summed E-state index contributed by atoms with van der Waals surface area (Å²) >= 11 is 0. The fraction of sp³-hybridized carbons (Fsp3) is 0.923. The summed E-state index contributed by atoms with van der Waals surface area (Å²) in [5.41, 5.74) is -0.217. The van der Waals surface area contributed by atoms with E-state index in [1.807, 2.05) is 18.7 Å². The zero-order valence-electron chi connectivity index (χ0n) is 11.3. The third-order valence-electron chi connectivity index (χ3n) is 3.66. The Balaban J connectivity index is 2.68. The van der Waals surface area contributed by atoms with Crippen LogP contribution in [-0.2, 0) is 4.79 Å². The largest absolute Gasteiger partial charge is 0.396 e. The first-order valence-electron chi connectivity index (χ1n) is 6.64. The SMILES string of the molecule is CC(C)N(CCCO)C(=O)C1(C)CCNCC1. The fourth-order valence-electron chi connectivity index (χ4n) is 2.37. The van der Waals surface area contributed by atoms with E-state index in [0.29, 0.717) is 13.0 Å². The van der Waals surface area contributed by atoms with Gasteiger partial charge in [0.15, 0.2) is 0 Å². The van der Waals surface area contributed by atoms with E-state index in [0.717, 1.165) is 25.9 Å². The summed E-state index contributed by atoms with van der Waals surface area (Å²) in [6, 6.07) is 0.209. The average Bonchev–Trinajstić information content (AvgIpc) is 2.30. The van der Waals surface area contributed by atoms with Crippen molar-refractivity contribution in [2.75, 3.05) is 26.2 Å². The number of aliphatic hydroxyl groups is 1. The molecule has 0 aliphatic carbocycles. The lowest BCUT2D eigenvalue weighted by Crippen LogP contribution is -2.50. The number of nitrogens with zero attached hydrogens (tertiary/aromatic N) is 1. The van der Waals surface area contributed by atoms with E-state index < -0.39 is 0 Å². The lowest BCUT2D eigenvalue weighted by atomic mass is 9.79. The van der Waals surface area contributed by atoms with Crippen LogP contribution in [0.2, 0.25) is 0 Å². The topological polar surface area (TPSA) is 52.6 Å². The normalized spacial score (nSPS) is 19.4. The standard InChI is InChI=1S/C13H26N2O2/c1-11(2)15(9-4-10-16)12(17)13(3)5-7-14-8-6-13/h11,14,16H,4-10H2,1-3H3. The minimum absolute atomic E-state index is 0.148. The lowest BCUT2D eigenvalue weighted by Gasteiger charge is -2.39. The Hall–Kier alpha value is -0.610. The van der Waals surface area contributed by atoms with Crippen molar-refractivity contribution < 1.29 is 9.90 Å². The smallest absolute Gasteiger partial charge is 0.228 e. The molecule has 1 saturated heterocycles. The summed E-state index contributed by atoms with van der Waals surface area (Å²) in [4.78, 5) is 14.5. The Kier molecular flexibility index (Phi) is 5.40. The molecule has 0 saturated carbocycles. The Bertz CT molecular complexity index is 248. The van der Waals surface area contributed by atoms with Crippen molar-refractivity contribution in [2.24, 2.45) is 5.41 Å². The van der Waals surface area contributed by atoms with Gasteiger partial charge in [0.05, 0.1) is 0 Å². The molecular weight excluding hydrogens is 216 g/mol. The van der Waals surface area contributed by atoms with Crippen molar-refractivity contribution in [3.63, 3.8) is 0 Å². The summed E-state index contributed by atoms with van der Waals surface area (Å²) < 4.78 is 0. The molecule has 1 heterocycles. The maximum Gasteiger partial charge on any atom is 0.228 e. The number of aliphatic hydroxyl groups excluding tert-OH is 1. The van der Waals surface area contributed by atoms with Gasteiger partial charge < -0.3 is 15.3 Å². The Labute approximate surface area is 104 Å². The van der Waals surface area contributed by atoms with Crippen molar-refractivity contribution in [2.45, 2.75) is 46.1 Å². The molecule has 0 unspecified atom stereocenters. The molecular formula is C13H26N2O2. The van der Waals surface area contributed by atoms with Gasteiger partial charge in [-0.05, 0) is 46.2 Å². The highest BCUT2D eigenvalue weighted by Crippen LogP contribution is 2.31. The number of amides is 1. The van der Waals surface area contributed by atoms with Crippen molar-refractivity contribution in [3.8, 4) is 0 Å². The minimum Gasteiger partial charge on any atom is -0.396 e. The van der Waals surface area contributed by atoms with E-state index in [1.54, 1.807) is 0 Å². The first kappa shape index (κ1) is 14.5. The number of hydrogen-bond acceptors (Lipinski definition) is 3. The zero-order chi connectivity index (χ0) is 12.9. The van der Waals surface area contributed by atoms with E-state index in [9.17, 15) is 4.79 Å². The van der Waals surface area contributed by atoms with Crippen LogP contribution >= 0.6 is 0 Å². The van der Waals surface area contributed by atoms with Crippen LogP contribution in [0.3, 0.4) is 0 Å². The number of hydrogen-bond donors (Lipinski definition) is 2. The lowest BCUT2D eigenvalue weighted by molar-refractivity contribution is -0.144. The van der Waals surface area contributed by atoms with Crippen LogP contribution in [0.4, 0.5) is 0 Å². The van der Waals surface area contributed by atoms with Crippen LogP contribution in [0.5, 0.6) is 0 Å². The number of rotatable bonds is 5. The molecule has 1 amide bonds. The Morgan fingerprint density at radius 2 is 2.00 bits per heavy atom. The van der Waals surface area contributed by atoms with Gasteiger partial charge in [0.1, 0.15) is 0 Å². The molecule has 1 aliphatic heterocycles. The predicted octanol–water partition coefficient (Wildman–Crippen LogP) is 0.995. The van der Waals surface area contributed by atoms with Crippen LogP contribution in [0, 0.1) is 5.41 Å². The zero-order valence-corrected chi connectivity index (χ0v) is 11.3. The molecule has 0 bridgehead atoms. The van der Waals surface area contributed by atoms with Gasteiger partial charge in [-0.15, -0.1) is 0 Å². The van der Waals surface area contributed by atoms with E-state index in [4.69, 9.17) is 5.11 Å². The predicted molar refractivity (Wildman–Crippen MR) is 68.8 cm³/mol. The highest BCUT2D eigenvalue weighted by Gasteiger charge is 2.38. The molecule has 100 valence electrons. The van der Waals surface area contributed by atoms with Gasteiger partial charge in [-0.2, -0.15) is 0 Å². The van der Waals surface area contributed by atoms with Crippen LogP contribution in [-0.4, -0.2) is 48.2 Å². The summed E-state index contributed by atoms with van der Waals surface area (Å²) in [5.74, 6) is 0.252. The van der Waals surface area contributed by atoms with Gasteiger partial charge in [-0.1, -0.05) is 6.92 Å². The maximum absolute atomic E-state index is 12.6. The fourth-order valence-corrected chi connectivity index (χ4v) is 2.37. The molecule has 0 spiro atoms. The van der Waals surface area contributed by atoms with Crippen molar-refractivity contribution >= 4 is 5.91 Å². The molecule has 0 aromatic heterocycles. The molecule has 1 aliphatic rings. The van der Waals surface area contributed by atoms with Gasteiger partial charge in [-0.3, -0.25) is 4.79 Å². The molecule has 0 atom stereocenters. The third-order valence-corrected chi connectivity index (χ3v) is 3.66. The summed E-state index contributed by atoms with van der Waals surface area (Å²) in [6.07, 6.45) is 2.49. The second-order valence-corrected chi connectivity index (χ2v) is 5.48. The molecule has 0 radical (unpaired) electrons. The molecule has 1 rings (SSSR count). The summed E-state index contributed by atoms with van der Waals surface area (Å²) in [5, 5.41) is 12.2. The highest BCUT2D eigenvalue weighted by atomic mass is 16.3. The van der Waals surface area contributed by atoms with E-state index in [2.05, 4.69) is 12.2 Å². The highest BCUT2D eigenvalue weighted by molar-refractivity contribution is 5.82. The molecule has 17 heavy (non-hydrogen) atoms. The second kappa shape index (κ2) is 6.36. The monoisotopic (exact) mass is 242 g/mol. The van der Waals surface area contributed by atoms with Gasteiger partial charge in [0.2, 0.25) is 5.91 Å². The van der Waals surface area contributed by atoms with Crippen LogP contribution in [0.25, 0.3) is 0 Å². The third kappa shape index (κ3) is 3.68. The van der Waals surface area contributed by atoms with Crippen LogP contribution in [0.1, 0.15) is 40.0 Å². The number of carbonyl (C=O) groups is 1. The van der Waals surface area contributed by atoms with Gasteiger partial charge >= 0.3 is 0 Å². The van der Waals surface area contributed by atoms with E-state index >= 15 is 0 Å². The van der Waals surface area contributed by atoms with E-state index in [1.165, 1.54) is 0 Å². The van der Waals surface area contributed by atoms with Gasteiger partial charge in [0, 0.05) is 24.6 Å². The average molecular weight is 242 g/mol. The van der Waals surface area contributed by atoms with Gasteiger partial charge in [0.25, 0.3) is 0 Å². The first-order chi connectivity index (χ1) is 8.01. The quantitative estimate of drug-likeness (QED) is 0.756. The molecule has 4 nitrogen and oxygen atoms in total. The molecule has 1 fully saturated rings. The molecule has 0 aromatic carbocycles. The van der Waals surface area contributed by atoms with Crippen LogP contribution < -0.4 is 5.32 Å². The Morgan fingerprint density at radius 1 is 1.41 bits per heavy atom. The van der Waals surface area contributed by atoms with Crippen molar-refractivity contribution in [3.05, 3.63) is 0 Å². The molecule has 2 N–H and O–H groups in total. The molecule has 0 aromatic rings. The molecule has 4 heteroatoms. The van der Waals surface area contributed by atoms with E-state index in [-0.39, 0.29) is 24.0 Å². The first-order valence-corrected chi connectivity index (χ1v) is 6.64. The minimum atomic E-state index is -0.217.